The van der Waals surface area contributed by atoms with Gasteiger partial charge in [-0.3, -0.25) is 13.9 Å². The number of hydrogen-bond donors (Lipinski definition) is 1. The standard InChI is InChI=1S/C30H35Cl2N3O5S/c1-5-6-17-33-30(37)22(3)34(19-23-9-11-24(31)12-10-23)29(36)20-35(25-13-16-28(40-4)27(32)18-25)41(38,39)26-14-7-21(2)8-15-26/h7-16,18,22H,5-6,17,19-20H2,1-4H3,(H,33,37)/t22-/m0/s1. The molecule has 41 heavy (non-hydrogen) atoms. The maximum Gasteiger partial charge on any atom is 0.264 e. The van der Waals surface area contributed by atoms with Gasteiger partial charge < -0.3 is 15.0 Å². The summed E-state index contributed by atoms with van der Waals surface area (Å²) in [5.74, 6) is -0.543. The molecule has 3 rings (SSSR count). The van der Waals surface area contributed by atoms with Gasteiger partial charge in [0.05, 0.1) is 22.7 Å². The van der Waals surface area contributed by atoms with Crippen molar-refractivity contribution in [3.05, 3.63) is 87.9 Å². The second-order valence-electron chi connectivity index (χ2n) is 9.61. The maximum absolute atomic E-state index is 14.0. The molecule has 1 N–H and O–H groups in total. The lowest BCUT2D eigenvalue weighted by Gasteiger charge is -2.32. The van der Waals surface area contributed by atoms with Crippen molar-refractivity contribution in [1.29, 1.82) is 0 Å². The summed E-state index contributed by atoms with van der Waals surface area (Å²) in [6, 6.07) is 16.9. The molecule has 0 radical (unpaired) electrons. The quantitative estimate of drug-likeness (QED) is 0.243. The monoisotopic (exact) mass is 619 g/mol. The van der Waals surface area contributed by atoms with E-state index in [1.54, 1.807) is 43.3 Å². The summed E-state index contributed by atoms with van der Waals surface area (Å²) >= 11 is 12.4. The Kier molecular flexibility index (Phi) is 11.5. The predicted octanol–water partition coefficient (Wildman–Crippen LogP) is 5.84. The number of carbonyl (C=O) groups excluding carboxylic acids is 2. The van der Waals surface area contributed by atoms with Gasteiger partial charge >= 0.3 is 0 Å². The van der Waals surface area contributed by atoms with E-state index >= 15 is 0 Å². The van der Waals surface area contributed by atoms with E-state index in [0.717, 1.165) is 28.3 Å². The molecule has 0 aliphatic carbocycles. The van der Waals surface area contributed by atoms with Crippen LogP contribution < -0.4 is 14.4 Å². The smallest absolute Gasteiger partial charge is 0.264 e. The van der Waals surface area contributed by atoms with Gasteiger partial charge in [-0.15, -0.1) is 0 Å². The topological polar surface area (TPSA) is 96.0 Å². The molecule has 8 nitrogen and oxygen atoms in total. The fraction of sp³-hybridized carbons (Fsp3) is 0.333. The molecular formula is C30H35Cl2N3O5S. The molecule has 0 fully saturated rings. The highest BCUT2D eigenvalue weighted by atomic mass is 35.5. The number of nitrogens with zero attached hydrogens (tertiary/aromatic N) is 2. The van der Waals surface area contributed by atoms with Crippen LogP contribution in [0.5, 0.6) is 5.75 Å². The van der Waals surface area contributed by atoms with Crippen molar-refractivity contribution in [2.24, 2.45) is 0 Å². The van der Waals surface area contributed by atoms with Crippen LogP contribution in [0.15, 0.2) is 71.6 Å². The molecule has 0 aliphatic rings. The van der Waals surface area contributed by atoms with Crippen molar-refractivity contribution >= 4 is 50.7 Å². The molecule has 0 saturated heterocycles. The van der Waals surface area contributed by atoms with Crippen molar-refractivity contribution in [1.82, 2.24) is 10.2 Å². The second-order valence-corrected chi connectivity index (χ2v) is 12.3. The Morgan fingerprint density at radius 2 is 1.66 bits per heavy atom. The van der Waals surface area contributed by atoms with Crippen LogP contribution in [0, 0.1) is 6.92 Å². The molecule has 0 spiro atoms. The predicted molar refractivity (Wildman–Crippen MR) is 163 cm³/mol. The average Bonchev–Trinajstić information content (AvgIpc) is 2.95. The van der Waals surface area contributed by atoms with Crippen molar-refractivity contribution in [2.45, 2.75) is 51.1 Å². The van der Waals surface area contributed by atoms with E-state index in [2.05, 4.69) is 5.32 Å². The Balaban J connectivity index is 2.03. The van der Waals surface area contributed by atoms with Crippen molar-refractivity contribution < 1.29 is 22.7 Å². The van der Waals surface area contributed by atoms with Gasteiger partial charge in [0.15, 0.2) is 0 Å². The average molecular weight is 621 g/mol. The van der Waals surface area contributed by atoms with E-state index in [-0.39, 0.29) is 28.1 Å². The number of benzene rings is 3. The van der Waals surface area contributed by atoms with Gasteiger partial charge in [-0.25, -0.2) is 8.42 Å². The Morgan fingerprint density at radius 1 is 1.00 bits per heavy atom. The minimum absolute atomic E-state index is 0.0115. The number of carbonyl (C=O) groups is 2. The number of aryl methyl sites for hydroxylation is 1. The molecule has 11 heteroatoms. The summed E-state index contributed by atoms with van der Waals surface area (Å²) in [5, 5.41) is 3.58. The summed E-state index contributed by atoms with van der Waals surface area (Å²) < 4.78 is 34.1. The minimum Gasteiger partial charge on any atom is -0.495 e. The van der Waals surface area contributed by atoms with Crippen LogP contribution in [-0.2, 0) is 26.2 Å². The molecule has 0 aromatic heterocycles. The number of nitrogens with one attached hydrogen (secondary N) is 1. The molecular weight excluding hydrogens is 585 g/mol. The lowest BCUT2D eigenvalue weighted by Crippen LogP contribution is -2.51. The van der Waals surface area contributed by atoms with Crippen LogP contribution in [0.3, 0.4) is 0 Å². The summed E-state index contributed by atoms with van der Waals surface area (Å²) in [7, 11) is -2.76. The SMILES string of the molecule is CCCCNC(=O)[C@H](C)N(Cc1ccc(Cl)cc1)C(=O)CN(c1ccc(OC)c(Cl)c1)S(=O)(=O)c1ccc(C)cc1. The first-order chi connectivity index (χ1) is 19.5. The Labute approximate surface area is 252 Å². The number of anilines is 1. The van der Waals surface area contributed by atoms with Gasteiger partial charge in [-0.2, -0.15) is 0 Å². The number of sulfonamides is 1. The number of rotatable bonds is 13. The zero-order valence-electron chi connectivity index (χ0n) is 23.6. The molecule has 2 amide bonds. The minimum atomic E-state index is -4.21. The fourth-order valence-electron chi connectivity index (χ4n) is 4.08. The van der Waals surface area contributed by atoms with Crippen LogP contribution in [-0.4, -0.2) is 51.4 Å². The van der Waals surface area contributed by atoms with Crippen LogP contribution >= 0.6 is 23.2 Å². The van der Waals surface area contributed by atoms with Crippen LogP contribution in [0.2, 0.25) is 10.0 Å². The molecule has 0 heterocycles. The maximum atomic E-state index is 14.0. The third-order valence-electron chi connectivity index (χ3n) is 6.57. The van der Waals surface area contributed by atoms with E-state index in [1.165, 1.54) is 42.3 Å². The van der Waals surface area contributed by atoms with Crippen LogP contribution in [0.1, 0.15) is 37.8 Å². The van der Waals surface area contributed by atoms with E-state index in [0.29, 0.717) is 17.3 Å². The summed E-state index contributed by atoms with van der Waals surface area (Å²) in [6.07, 6.45) is 1.70. The number of halogens is 2. The van der Waals surface area contributed by atoms with Crippen LogP contribution in [0.4, 0.5) is 5.69 Å². The third kappa shape index (κ3) is 8.38. The number of methoxy groups -OCH3 is 1. The highest BCUT2D eigenvalue weighted by Crippen LogP contribution is 2.32. The molecule has 220 valence electrons. The normalized spacial score (nSPS) is 12.0. The molecule has 0 bridgehead atoms. The molecule has 3 aromatic rings. The lowest BCUT2D eigenvalue weighted by molar-refractivity contribution is -0.139. The van der Waals surface area contributed by atoms with Gasteiger partial charge in [-0.05, 0) is 68.3 Å². The molecule has 0 saturated carbocycles. The van der Waals surface area contributed by atoms with E-state index in [1.807, 2.05) is 13.8 Å². The van der Waals surface area contributed by atoms with E-state index in [9.17, 15) is 18.0 Å². The van der Waals surface area contributed by atoms with Crippen molar-refractivity contribution in [2.75, 3.05) is 24.5 Å². The first-order valence-electron chi connectivity index (χ1n) is 13.2. The molecule has 1 atom stereocenters. The van der Waals surface area contributed by atoms with Crippen molar-refractivity contribution in [3.63, 3.8) is 0 Å². The number of unbranched alkanes of at least 4 members (excludes halogenated alkanes) is 1. The van der Waals surface area contributed by atoms with Gasteiger partial charge in [0.1, 0.15) is 18.3 Å². The molecule has 0 unspecified atom stereocenters. The van der Waals surface area contributed by atoms with Gasteiger partial charge in [0.25, 0.3) is 10.0 Å². The fourth-order valence-corrected chi connectivity index (χ4v) is 5.87. The number of ether oxygens (including phenoxy) is 1. The first-order valence-corrected chi connectivity index (χ1v) is 15.4. The summed E-state index contributed by atoms with van der Waals surface area (Å²) in [5.41, 5.74) is 1.80. The summed E-state index contributed by atoms with van der Waals surface area (Å²) in [6.45, 7) is 5.46. The number of amides is 2. The zero-order valence-corrected chi connectivity index (χ0v) is 25.9. The Bertz CT molecular complexity index is 1450. The highest BCUT2D eigenvalue weighted by molar-refractivity contribution is 7.92. The first kappa shape index (κ1) is 32.2. The van der Waals surface area contributed by atoms with E-state index in [4.69, 9.17) is 27.9 Å². The van der Waals surface area contributed by atoms with Crippen LogP contribution in [0.25, 0.3) is 0 Å². The molecule has 0 aliphatic heterocycles. The van der Waals surface area contributed by atoms with Gasteiger partial charge in [0, 0.05) is 18.1 Å². The van der Waals surface area contributed by atoms with E-state index < -0.39 is 28.5 Å². The summed E-state index contributed by atoms with van der Waals surface area (Å²) in [4.78, 5) is 28.4. The van der Waals surface area contributed by atoms with Crippen molar-refractivity contribution in [3.8, 4) is 5.75 Å². The van der Waals surface area contributed by atoms with Gasteiger partial charge in [-0.1, -0.05) is 66.4 Å². The highest BCUT2D eigenvalue weighted by Gasteiger charge is 2.32. The Morgan fingerprint density at radius 3 is 2.24 bits per heavy atom. The Hall–Kier alpha value is -3.27. The number of hydrogen-bond acceptors (Lipinski definition) is 5. The zero-order chi connectivity index (χ0) is 30.2. The lowest BCUT2D eigenvalue weighted by atomic mass is 10.1. The largest absolute Gasteiger partial charge is 0.495 e. The third-order valence-corrected chi connectivity index (χ3v) is 8.91. The molecule has 3 aromatic carbocycles. The van der Waals surface area contributed by atoms with Gasteiger partial charge in [0.2, 0.25) is 11.8 Å². The second kappa shape index (κ2) is 14.6.